The minimum Gasteiger partial charge on any atom is -0.377 e. The summed E-state index contributed by atoms with van der Waals surface area (Å²) in [6.07, 6.45) is 3.93. The van der Waals surface area contributed by atoms with Crippen LogP contribution in [0.3, 0.4) is 0 Å². The van der Waals surface area contributed by atoms with E-state index >= 15 is 0 Å². The fraction of sp³-hybridized carbons (Fsp3) is 0.895. The molecule has 0 saturated carbocycles. The Balaban J connectivity index is 2.37. The predicted molar refractivity (Wildman–Crippen MR) is 104 cm³/mol. The highest BCUT2D eigenvalue weighted by molar-refractivity contribution is 5.81. The topological polar surface area (TPSA) is 74.8 Å². The minimum atomic E-state index is 0.0748. The lowest BCUT2D eigenvalue weighted by molar-refractivity contribution is -0.121. The van der Waals surface area contributed by atoms with Gasteiger partial charge in [-0.3, -0.25) is 9.79 Å². The summed E-state index contributed by atoms with van der Waals surface area (Å²) in [5, 5.41) is 9.59. The summed E-state index contributed by atoms with van der Waals surface area (Å²) < 4.78 is 6.03. The average molecular weight is 355 g/mol. The molecule has 0 aromatic carbocycles. The van der Waals surface area contributed by atoms with E-state index in [2.05, 4.69) is 48.6 Å². The van der Waals surface area contributed by atoms with Crippen molar-refractivity contribution in [3.63, 3.8) is 0 Å². The fourth-order valence-electron chi connectivity index (χ4n) is 3.20. The molecule has 3 unspecified atom stereocenters. The van der Waals surface area contributed by atoms with Crippen molar-refractivity contribution in [1.82, 2.24) is 16.0 Å². The van der Waals surface area contributed by atoms with E-state index in [0.717, 1.165) is 32.0 Å². The van der Waals surface area contributed by atoms with Crippen molar-refractivity contribution < 1.29 is 9.53 Å². The number of carbonyl (C=O) groups is 1. The van der Waals surface area contributed by atoms with Crippen LogP contribution in [-0.4, -0.2) is 50.8 Å². The van der Waals surface area contributed by atoms with Crippen LogP contribution in [0.4, 0.5) is 0 Å². The molecule has 25 heavy (non-hydrogen) atoms. The van der Waals surface area contributed by atoms with Crippen LogP contribution in [0.15, 0.2) is 4.99 Å². The van der Waals surface area contributed by atoms with Gasteiger partial charge in [-0.15, -0.1) is 0 Å². The summed E-state index contributed by atoms with van der Waals surface area (Å²) in [6, 6.07) is 0.227. The molecule has 6 nitrogen and oxygen atoms in total. The van der Waals surface area contributed by atoms with Crippen LogP contribution in [0.1, 0.15) is 60.3 Å². The molecule has 6 heteroatoms. The number of nitrogens with zero attached hydrogens (tertiary/aromatic N) is 1. The number of ether oxygens (including phenoxy) is 1. The van der Waals surface area contributed by atoms with Gasteiger partial charge in [-0.25, -0.2) is 0 Å². The molecular formula is C19H38N4O2. The maximum absolute atomic E-state index is 11.8. The van der Waals surface area contributed by atoms with E-state index in [1.165, 1.54) is 6.42 Å². The number of guanidine groups is 1. The number of amides is 1. The summed E-state index contributed by atoms with van der Waals surface area (Å²) in [6.45, 7) is 13.1. The molecule has 1 saturated heterocycles. The second-order valence-electron chi connectivity index (χ2n) is 8.07. The van der Waals surface area contributed by atoms with Crippen LogP contribution in [0, 0.1) is 11.3 Å². The fourth-order valence-corrected chi connectivity index (χ4v) is 3.20. The first-order valence-corrected chi connectivity index (χ1v) is 9.63. The first-order chi connectivity index (χ1) is 11.8. The highest BCUT2D eigenvalue weighted by Crippen LogP contribution is 2.33. The Morgan fingerprint density at radius 2 is 2.04 bits per heavy atom. The summed E-state index contributed by atoms with van der Waals surface area (Å²) in [7, 11) is 1.76. The Morgan fingerprint density at radius 3 is 2.64 bits per heavy atom. The molecule has 1 heterocycles. The van der Waals surface area contributed by atoms with E-state index in [1.54, 1.807) is 7.05 Å². The van der Waals surface area contributed by atoms with Crippen molar-refractivity contribution in [1.29, 1.82) is 0 Å². The van der Waals surface area contributed by atoms with Gasteiger partial charge < -0.3 is 20.7 Å². The Kier molecular flexibility index (Phi) is 9.25. The van der Waals surface area contributed by atoms with Crippen LogP contribution in [0.2, 0.25) is 0 Å². The molecule has 0 bridgehead atoms. The van der Waals surface area contributed by atoms with Gasteiger partial charge in [-0.1, -0.05) is 27.7 Å². The van der Waals surface area contributed by atoms with Crippen LogP contribution in [0.25, 0.3) is 0 Å². The number of nitrogens with one attached hydrogen (secondary N) is 3. The Labute approximate surface area is 153 Å². The number of rotatable bonds is 7. The quantitative estimate of drug-likeness (QED) is 0.484. The Hall–Kier alpha value is -1.30. The van der Waals surface area contributed by atoms with Crippen LogP contribution >= 0.6 is 0 Å². The van der Waals surface area contributed by atoms with E-state index < -0.39 is 0 Å². The van der Waals surface area contributed by atoms with Gasteiger partial charge in [0.1, 0.15) is 0 Å². The largest absolute Gasteiger partial charge is 0.377 e. The molecule has 1 rings (SSSR count). The van der Waals surface area contributed by atoms with E-state index in [1.807, 2.05) is 6.92 Å². The lowest BCUT2D eigenvalue weighted by atomic mass is 9.78. The van der Waals surface area contributed by atoms with Gasteiger partial charge in [-0.05, 0) is 31.6 Å². The second kappa shape index (κ2) is 10.6. The number of hydrogen-bond donors (Lipinski definition) is 3. The Bertz CT molecular complexity index is 432. The van der Waals surface area contributed by atoms with Gasteiger partial charge in [0, 0.05) is 45.1 Å². The molecule has 0 radical (unpaired) electrons. The molecule has 0 aromatic rings. The zero-order valence-electron chi connectivity index (χ0n) is 16.9. The highest BCUT2D eigenvalue weighted by atomic mass is 16.5. The maximum Gasteiger partial charge on any atom is 0.221 e. The molecule has 0 aliphatic carbocycles. The third-order valence-electron chi connectivity index (χ3n) is 4.72. The van der Waals surface area contributed by atoms with E-state index in [0.29, 0.717) is 18.9 Å². The number of hydrogen-bond acceptors (Lipinski definition) is 3. The molecule has 0 spiro atoms. The van der Waals surface area contributed by atoms with E-state index in [4.69, 9.17) is 4.74 Å². The monoisotopic (exact) mass is 354 g/mol. The molecule has 1 amide bonds. The molecule has 3 N–H and O–H groups in total. The molecule has 3 atom stereocenters. The van der Waals surface area contributed by atoms with Crippen molar-refractivity contribution in [2.24, 2.45) is 16.3 Å². The van der Waals surface area contributed by atoms with Crippen LogP contribution in [0.5, 0.6) is 0 Å². The standard InChI is InChI=1S/C19H38N4O2/c1-7-14(2)23-16(24)10-11-21-18(20-6)22-13-15-9-8-12-25-17(15)19(3,4)5/h14-15,17H,7-13H2,1-6H3,(H,23,24)(H2,20,21,22). The van der Waals surface area contributed by atoms with Gasteiger partial charge in [0.25, 0.3) is 0 Å². The number of carbonyl (C=O) groups excluding carboxylic acids is 1. The first-order valence-electron chi connectivity index (χ1n) is 9.63. The lowest BCUT2D eigenvalue weighted by Crippen LogP contribution is -2.48. The van der Waals surface area contributed by atoms with Crippen molar-refractivity contribution in [3.05, 3.63) is 0 Å². The molecule has 146 valence electrons. The van der Waals surface area contributed by atoms with Crippen molar-refractivity contribution in [2.45, 2.75) is 72.4 Å². The molecular weight excluding hydrogens is 316 g/mol. The predicted octanol–water partition coefficient (Wildman–Crippen LogP) is 2.30. The van der Waals surface area contributed by atoms with Gasteiger partial charge in [-0.2, -0.15) is 0 Å². The number of aliphatic imine (C=N–C) groups is 1. The summed E-state index contributed by atoms with van der Waals surface area (Å²) in [4.78, 5) is 16.1. The molecule has 1 fully saturated rings. The SMILES string of the molecule is CCC(C)NC(=O)CCNC(=NC)NCC1CCCOC1C(C)(C)C. The minimum absolute atomic E-state index is 0.0748. The highest BCUT2D eigenvalue weighted by Gasteiger charge is 2.35. The molecule has 1 aliphatic rings. The summed E-state index contributed by atoms with van der Waals surface area (Å²) >= 11 is 0. The van der Waals surface area contributed by atoms with Crippen LogP contribution < -0.4 is 16.0 Å². The van der Waals surface area contributed by atoms with Gasteiger partial charge in [0.05, 0.1) is 6.10 Å². The Morgan fingerprint density at radius 1 is 1.32 bits per heavy atom. The average Bonchev–Trinajstić information content (AvgIpc) is 2.57. The summed E-state index contributed by atoms with van der Waals surface area (Å²) in [5.74, 6) is 1.29. The van der Waals surface area contributed by atoms with Gasteiger partial charge in [0.15, 0.2) is 5.96 Å². The van der Waals surface area contributed by atoms with Crippen molar-refractivity contribution in [3.8, 4) is 0 Å². The van der Waals surface area contributed by atoms with Crippen molar-refractivity contribution in [2.75, 3.05) is 26.7 Å². The van der Waals surface area contributed by atoms with E-state index in [-0.39, 0.29) is 23.5 Å². The summed E-state index contributed by atoms with van der Waals surface area (Å²) in [5.41, 5.74) is 0.137. The third-order valence-corrected chi connectivity index (χ3v) is 4.72. The van der Waals surface area contributed by atoms with Gasteiger partial charge >= 0.3 is 0 Å². The zero-order chi connectivity index (χ0) is 18.9. The zero-order valence-corrected chi connectivity index (χ0v) is 16.9. The molecule has 1 aliphatic heterocycles. The van der Waals surface area contributed by atoms with Crippen molar-refractivity contribution >= 4 is 11.9 Å². The smallest absolute Gasteiger partial charge is 0.221 e. The normalized spacial score (nSPS) is 23.0. The second-order valence-corrected chi connectivity index (χ2v) is 8.07. The van der Waals surface area contributed by atoms with Crippen LogP contribution in [-0.2, 0) is 9.53 Å². The maximum atomic E-state index is 11.8. The third kappa shape index (κ3) is 8.08. The first kappa shape index (κ1) is 21.7. The van der Waals surface area contributed by atoms with Gasteiger partial charge in [0.2, 0.25) is 5.91 Å². The van der Waals surface area contributed by atoms with E-state index in [9.17, 15) is 4.79 Å². The molecule has 0 aromatic heterocycles. The lowest BCUT2D eigenvalue weighted by Gasteiger charge is -2.40.